The van der Waals surface area contributed by atoms with Crippen molar-refractivity contribution < 1.29 is 0 Å². The van der Waals surface area contributed by atoms with Gasteiger partial charge in [-0.3, -0.25) is 4.99 Å². The average Bonchev–Trinajstić information content (AvgIpc) is 3.46. The summed E-state index contributed by atoms with van der Waals surface area (Å²) < 4.78 is 1.82. The number of nitrogens with one attached hydrogen (secondary N) is 2. The second kappa shape index (κ2) is 11.7. The van der Waals surface area contributed by atoms with E-state index in [1.165, 1.54) is 27.1 Å². The van der Waals surface area contributed by atoms with Crippen molar-refractivity contribution in [3.8, 4) is 11.1 Å². The Morgan fingerprint density at radius 3 is 2.53 bits per heavy atom. The van der Waals surface area contributed by atoms with Crippen molar-refractivity contribution in [2.24, 2.45) is 4.99 Å². The Morgan fingerprint density at radius 1 is 1.06 bits per heavy atom. The SMILES string of the molecule is CN=C(NCc1ncc(C)s1)NCc1ccccc1-c1ccc(Cn2cncn2)cc1.I. The van der Waals surface area contributed by atoms with Crippen LogP contribution in [0.2, 0.25) is 0 Å². The molecule has 0 radical (unpaired) electrons. The van der Waals surface area contributed by atoms with E-state index in [1.54, 1.807) is 31.0 Å². The second-order valence-electron chi connectivity index (χ2n) is 7.09. The molecule has 0 aliphatic carbocycles. The lowest BCUT2D eigenvalue weighted by Crippen LogP contribution is -2.36. The number of benzene rings is 2. The molecule has 2 heterocycles. The summed E-state index contributed by atoms with van der Waals surface area (Å²) in [5.74, 6) is 0.755. The lowest BCUT2D eigenvalue weighted by atomic mass is 9.98. The Hall–Kier alpha value is -2.79. The van der Waals surface area contributed by atoms with Gasteiger partial charge in [0.1, 0.15) is 17.7 Å². The molecule has 0 unspecified atom stereocenters. The van der Waals surface area contributed by atoms with Crippen LogP contribution >= 0.6 is 35.3 Å². The van der Waals surface area contributed by atoms with Crippen LogP contribution < -0.4 is 10.6 Å². The Morgan fingerprint density at radius 2 is 1.84 bits per heavy atom. The van der Waals surface area contributed by atoms with E-state index in [-0.39, 0.29) is 24.0 Å². The van der Waals surface area contributed by atoms with E-state index in [0.717, 1.165) is 11.0 Å². The number of hydrogen-bond acceptors (Lipinski definition) is 5. The molecule has 4 rings (SSSR count). The number of thiazole rings is 1. The zero-order chi connectivity index (χ0) is 21.5. The smallest absolute Gasteiger partial charge is 0.191 e. The summed E-state index contributed by atoms with van der Waals surface area (Å²) >= 11 is 1.69. The molecule has 0 fully saturated rings. The van der Waals surface area contributed by atoms with Crippen LogP contribution in [0.25, 0.3) is 11.1 Å². The molecule has 0 amide bonds. The first-order valence-electron chi connectivity index (χ1n) is 10.1. The van der Waals surface area contributed by atoms with Crippen molar-refractivity contribution in [3.63, 3.8) is 0 Å². The molecule has 9 heteroatoms. The largest absolute Gasteiger partial charge is 0.352 e. The fraction of sp³-hybridized carbons (Fsp3) is 0.217. The minimum Gasteiger partial charge on any atom is -0.352 e. The van der Waals surface area contributed by atoms with E-state index in [9.17, 15) is 0 Å². The Labute approximate surface area is 209 Å². The van der Waals surface area contributed by atoms with Crippen LogP contribution in [0.4, 0.5) is 0 Å². The highest BCUT2D eigenvalue weighted by Crippen LogP contribution is 2.24. The lowest BCUT2D eigenvalue weighted by Gasteiger charge is -2.14. The van der Waals surface area contributed by atoms with E-state index in [2.05, 4.69) is 86.1 Å². The normalized spacial score (nSPS) is 11.1. The maximum absolute atomic E-state index is 4.39. The fourth-order valence-corrected chi connectivity index (χ4v) is 4.02. The standard InChI is InChI=1S/C23H25N7S.HI/c1-17-11-26-22(31-17)13-28-23(24-2)27-12-20-5-3-4-6-21(20)19-9-7-18(8-10-19)14-30-16-25-15-29-30;/h3-11,15-16H,12-14H2,1-2H3,(H2,24,27,28);1H. The summed E-state index contributed by atoms with van der Waals surface area (Å²) in [6.07, 6.45) is 5.18. The van der Waals surface area contributed by atoms with E-state index >= 15 is 0 Å². The Kier molecular flexibility index (Phi) is 8.74. The molecule has 0 bridgehead atoms. The molecular formula is C23H26IN7S. The number of halogens is 1. The van der Waals surface area contributed by atoms with Crippen LogP contribution in [0.3, 0.4) is 0 Å². The third-order valence-electron chi connectivity index (χ3n) is 4.84. The molecule has 0 aliphatic rings. The molecule has 0 atom stereocenters. The van der Waals surface area contributed by atoms with Gasteiger partial charge in [0.2, 0.25) is 0 Å². The van der Waals surface area contributed by atoms with Crippen molar-refractivity contribution in [3.05, 3.63) is 88.4 Å². The zero-order valence-electron chi connectivity index (χ0n) is 18.0. The van der Waals surface area contributed by atoms with Gasteiger partial charge in [0, 0.05) is 24.7 Å². The van der Waals surface area contributed by atoms with E-state index < -0.39 is 0 Å². The molecule has 32 heavy (non-hydrogen) atoms. The molecule has 2 aromatic heterocycles. The minimum atomic E-state index is 0. The molecule has 7 nitrogen and oxygen atoms in total. The number of aliphatic imine (C=N–C) groups is 1. The van der Waals surface area contributed by atoms with Crippen molar-refractivity contribution in [2.45, 2.75) is 26.6 Å². The molecule has 2 N–H and O–H groups in total. The second-order valence-corrected chi connectivity index (χ2v) is 8.41. The summed E-state index contributed by atoms with van der Waals surface area (Å²) in [5, 5.41) is 12.0. The monoisotopic (exact) mass is 559 g/mol. The zero-order valence-corrected chi connectivity index (χ0v) is 21.2. The molecule has 4 aromatic rings. The molecular weight excluding hydrogens is 533 g/mol. The summed E-state index contributed by atoms with van der Waals surface area (Å²) in [4.78, 5) is 13.9. The molecule has 0 spiro atoms. The van der Waals surface area contributed by atoms with Crippen molar-refractivity contribution in [1.82, 2.24) is 30.4 Å². The van der Waals surface area contributed by atoms with Crippen LogP contribution in [0.1, 0.15) is 21.0 Å². The molecule has 0 aliphatic heterocycles. The predicted octanol–water partition coefficient (Wildman–Crippen LogP) is 4.24. The minimum absolute atomic E-state index is 0. The van der Waals surface area contributed by atoms with E-state index in [4.69, 9.17) is 0 Å². The van der Waals surface area contributed by atoms with Gasteiger partial charge in [0.05, 0.1) is 13.1 Å². The average molecular weight is 559 g/mol. The highest BCUT2D eigenvalue weighted by Gasteiger charge is 2.07. The first-order valence-corrected chi connectivity index (χ1v) is 10.9. The maximum atomic E-state index is 4.39. The predicted molar refractivity (Wildman–Crippen MR) is 140 cm³/mol. The fourth-order valence-electron chi connectivity index (χ4n) is 3.29. The molecule has 166 valence electrons. The first-order chi connectivity index (χ1) is 15.2. The van der Waals surface area contributed by atoms with Gasteiger partial charge in [-0.25, -0.2) is 14.6 Å². The number of hydrogen-bond donors (Lipinski definition) is 2. The van der Waals surface area contributed by atoms with E-state index in [1.807, 2.05) is 10.9 Å². The summed E-state index contributed by atoms with van der Waals surface area (Å²) in [6, 6.07) is 17.0. The highest BCUT2D eigenvalue weighted by atomic mass is 127. The van der Waals surface area contributed by atoms with Gasteiger partial charge in [-0.15, -0.1) is 35.3 Å². The highest BCUT2D eigenvalue weighted by molar-refractivity contribution is 14.0. The summed E-state index contributed by atoms with van der Waals surface area (Å²) in [7, 11) is 1.78. The van der Waals surface area contributed by atoms with Gasteiger partial charge >= 0.3 is 0 Å². The molecule has 0 saturated carbocycles. The Bertz CT molecular complexity index is 1140. The molecule has 2 aromatic carbocycles. The lowest BCUT2D eigenvalue weighted by molar-refractivity contribution is 0.685. The van der Waals surface area contributed by atoms with Crippen molar-refractivity contribution in [2.75, 3.05) is 7.05 Å². The van der Waals surface area contributed by atoms with Gasteiger partial charge in [-0.2, -0.15) is 5.10 Å². The number of aromatic nitrogens is 4. The third-order valence-corrected chi connectivity index (χ3v) is 5.75. The van der Waals surface area contributed by atoms with Crippen molar-refractivity contribution >= 4 is 41.3 Å². The van der Waals surface area contributed by atoms with Gasteiger partial charge in [-0.05, 0) is 29.2 Å². The number of guanidine groups is 1. The summed E-state index contributed by atoms with van der Waals surface area (Å²) in [5.41, 5.74) is 4.78. The molecule has 0 saturated heterocycles. The van der Waals surface area contributed by atoms with E-state index in [0.29, 0.717) is 19.6 Å². The van der Waals surface area contributed by atoms with Crippen LogP contribution in [0.15, 0.2) is 72.4 Å². The van der Waals surface area contributed by atoms with Gasteiger partial charge < -0.3 is 10.6 Å². The van der Waals surface area contributed by atoms with Gasteiger partial charge in [-0.1, -0.05) is 48.5 Å². The summed E-state index contributed by atoms with van der Waals surface area (Å²) in [6.45, 7) is 4.11. The van der Waals surface area contributed by atoms with Crippen LogP contribution in [0.5, 0.6) is 0 Å². The third kappa shape index (κ3) is 6.36. The quantitative estimate of drug-likeness (QED) is 0.201. The number of nitrogens with zero attached hydrogens (tertiary/aromatic N) is 5. The number of rotatable bonds is 7. The first kappa shape index (κ1) is 23.9. The Balaban J connectivity index is 0.00000289. The van der Waals surface area contributed by atoms with Crippen LogP contribution in [-0.4, -0.2) is 32.8 Å². The van der Waals surface area contributed by atoms with Crippen LogP contribution in [-0.2, 0) is 19.6 Å². The topological polar surface area (TPSA) is 80.0 Å². The maximum Gasteiger partial charge on any atom is 0.191 e. The van der Waals surface area contributed by atoms with Crippen LogP contribution in [0, 0.1) is 6.92 Å². The van der Waals surface area contributed by atoms with Gasteiger partial charge in [0.15, 0.2) is 5.96 Å². The van der Waals surface area contributed by atoms with Crippen molar-refractivity contribution in [1.29, 1.82) is 0 Å². The number of aryl methyl sites for hydroxylation is 1. The van der Waals surface area contributed by atoms with Gasteiger partial charge in [0.25, 0.3) is 0 Å².